The van der Waals surface area contributed by atoms with Crippen LogP contribution in [0.25, 0.3) is 11.0 Å². The van der Waals surface area contributed by atoms with E-state index in [9.17, 15) is 0 Å². The first-order valence-electron chi connectivity index (χ1n) is 7.68. The van der Waals surface area contributed by atoms with E-state index in [2.05, 4.69) is 16.4 Å². The summed E-state index contributed by atoms with van der Waals surface area (Å²) in [5.41, 5.74) is 2.03. The van der Waals surface area contributed by atoms with Gasteiger partial charge in [0.15, 0.2) is 0 Å². The molecule has 3 nitrogen and oxygen atoms in total. The van der Waals surface area contributed by atoms with Crippen molar-refractivity contribution in [3.05, 3.63) is 29.0 Å². The number of benzene rings is 1. The second-order valence-corrected chi connectivity index (χ2v) is 6.39. The number of hydrogen-bond donors (Lipinski definition) is 0. The van der Waals surface area contributed by atoms with E-state index < -0.39 is 0 Å². The largest absolute Gasteiger partial charge is 0.325 e. The maximum absolute atomic E-state index is 6.42. The lowest BCUT2D eigenvalue weighted by atomic mass is 10.2. The fraction of sp³-hybridized carbons (Fsp3) is 0.562. The third-order valence-corrected chi connectivity index (χ3v) is 4.91. The van der Waals surface area contributed by atoms with Gasteiger partial charge in [-0.15, -0.1) is 11.6 Å². The lowest BCUT2D eigenvalue weighted by Gasteiger charge is -2.24. The van der Waals surface area contributed by atoms with Gasteiger partial charge in [0.25, 0.3) is 0 Å². The summed E-state index contributed by atoms with van der Waals surface area (Å²) in [4.78, 5) is 7.28. The SMILES string of the molecule is CCN1CCCC1Cn1c(CCCl)nc2cccc(Cl)c21. The first-order valence-corrected chi connectivity index (χ1v) is 8.59. The highest BCUT2D eigenvalue weighted by Gasteiger charge is 2.25. The van der Waals surface area contributed by atoms with Crippen LogP contribution in [-0.4, -0.2) is 39.5 Å². The van der Waals surface area contributed by atoms with E-state index in [-0.39, 0.29) is 0 Å². The van der Waals surface area contributed by atoms with Crippen LogP contribution in [-0.2, 0) is 13.0 Å². The number of likely N-dealkylation sites (N-methyl/N-ethyl adjacent to an activating group) is 1. The van der Waals surface area contributed by atoms with Gasteiger partial charge >= 0.3 is 0 Å². The zero-order valence-corrected chi connectivity index (χ0v) is 13.9. The number of halogens is 2. The number of aryl methyl sites for hydroxylation is 1. The molecule has 1 aliphatic heterocycles. The van der Waals surface area contributed by atoms with Crippen molar-refractivity contribution in [2.24, 2.45) is 0 Å². The second kappa shape index (κ2) is 6.55. The van der Waals surface area contributed by atoms with Gasteiger partial charge in [-0.05, 0) is 38.1 Å². The van der Waals surface area contributed by atoms with E-state index >= 15 is 0 Å². The molecule has 2 aromatic rings. The third kappa shape index (κ3) is 2.92. The van der Waals surface area contributed by atoms with Crippen molar-refractivity contribution < 1.29 is 0 Å². The Balaban J connectivity index is 2.00. The summed E-state index contributed by atoms with van der Waals surface area (Å²) in [6.07, 6.45) is 3.31. The van der Waals surface area contributed by atoms with Crippen LogP contribution in [0.1, 0.15) is 25.6 Å². The van der Waals surface area contributed by atoms with E-state index in [0.29, 0.717) is 11.9 Å². The summed E-state index contributed by atoms with van der Waals surface area (Å²) in [6, 6.07) is 6.51. The van der Waals surface area contributed by atoms with Gasteiger partial charge < -0.3 is 4.57 Å². The minimum Gasteiger partial charge on any atom is -0.325 e. The summed E-state index contributed by atoms with van der Waals surface area (Å²) in [6.45, 7) is 5.50. The number of nitrogens with zero attached hydrogens (tertiary/aromatic N) is 3. The van der Waals surface area contributed by atoms with Gasteiger partial charge in [-0.1, -0.05) is 24.6 Å². The highest BCUT2D eigenvalue weighted by Crippen LogP contribution is 2.27. The monoisotopic (exact) mass is 325 g/mol. The number of para-hydroxylation sites is 1. The molecule has 1 unspecified atom stereocenters. The lowest BCUT2D eigenvalue weighted by molar-refractivity contribution is 0.244. The zero-order valence-electron chi connectivity index (χ0n) is 12.4. The molecule has 1 saturated heterocycles. The molecule has 0 saturated carbocycles. The van der Waals surface area contributed by atoms with E-state index in [4.69, 9.17) is 28.2 Å². The van der Waals surface area contributed by atoms with Gasteiger partial charge in [-0.3, -0.25) is 4.90 Å². The maximum Gasteiger partial charge on any atom is 0.111 e. The standard InChI is InChI=1S/C16H21Cl2N3/c1-2-20-10-4-5-12(20)11-21-15(8-9-17)19-14-7-3-6-13(18)16(14)21/h3,6-7,12H,2,4-5,8-11H2,1H3. The third-order valence-electron chi connectivity index (χ3n) is 4.41. The van der Waals surface area contributed by atoms with Gasteiger partial charge in [0.05, 0.1) is 16.1 Å². The first kappa shape index (κ1) is 15.1. The molecule has 1 fully saturated rings. The summed E-state index contributed by atoms with van der Waals surface area (Å²) < 4.78 is 2.29. The molecule has 5 heteroatoms. The Kier molecular flexibility index (Phi) is 4.72. The number of alkyl halides is 1. The van der Waals surface area contributed by atoms with Crippen LogP contribution < -0.4 is 0 Å². The molecule has 3 rings (SSSR count). The van der Waals surface area contributed by atoms with Gasteiger partial charge in [0.1, 0.15) is 5.82 Å². The lowest BCUT2D eigenvalue weighted by Crippen LogP contribution is -2.33. The van der Waals surface area contributed by atoms with Crippen LogP contribution in [0, 0.1) is 0 Å². The van der Waals surface area contributed by atoms with Crippen molar-refractivity contribution in [1.29, 1.82) is 0 Å². The van der Waals surface area contributed by atoms with Gasteiger partial charge in [-0.25, -0.2) is 4.98 Å². The topological polar surface area (TPSA) is 21.1 Å². The maximum atomic E-state index is 6.42. The molecule has 0 bridgehead atoms. The molecule has 2 heterocycles. The Bertz CT molecular complexity index is 623. The van der Waals surface area contributed by atoms with Crippen LogP contribution >= 0.6 is 23.2 Å². The molecular formula is C16H21Cl2N3. The second-order valence-electron chi connectivity index (χ2n) is 5.61. The molecule has 1 aliphatic rings. The molecule has 1 aromatic heterocycles. The Morgan fingerprint density at radius 1 is 1.38 bits per heavy atom. The van der Waals surface area contributed by atoms with Crippen LogP contribution in [0.2, 0.25) is 5.02 Å². The summed E-state index contributed by atoms with van der Waals surface area (Å²) >= 11 is 12.4. The average molecular weight is 326 g/mol. The Morgan fingerprint density at radius 3 is 3.00 bits per heavy atom. The molecule has 0 spiro atoms. The fourth-order valence-corrected chi connectivity index (χ4v) is 3.83. The van der Waals surface area contributed by atoms with Crippen molar-refractivity contribution in [3.63, 3.8) is 0 Å². The molecule has 114 valence electrons. The number of likely N-dealkylation sites (tertiary alicyclic amines) is 1. The van der Waals surface area contributed by atoms with Crippen molar-refractivity contribution in [3.8, 4) is 0 Å². The van der Waals surface area contributed by atoms with Crippen molar-refractivity contribution in [2.45, 2.75) is 38.8 Å². The van der Waals surface area contributed by atoms with Crippen LogP contribution in [0.3, 0.4) is 0 Å². The van der Waals surface area contributed by atoms with Crippen LogP contribution in [0.5, 0.6) is 0 Å². The van der Waals surface area contributed by atoms with E-state index in [1.807, 2.05) is 18.2 Å². The Labute approximate surface area is 135 Å². The fourth-order valence-electron chi connectivity index (χ4n) is 3.39. The zero-order chi connectivity index (χ0) is 14.8. The number of aromatic nitrogens is 2. The molecule has 0 N–H and O–H groups in total. The van der Waals surface area contributed by atoms with E-state index in [0.717, 1.165) is 41.4 Å². The van der Waals surface area contributed by atoms with Gasteiger partial charge in [0, 0.05) is 24.9 Å². The van der Waals surface area contributed by atoms with Crippen molar-refractivity contribution in [2.75, 3.05) is 19.0 Å². The Hall–Kier alpha value is -0.770. The highest BCUT2D eigenvalue weighted by atomic mass is 35.5. The molecule has 21 heavy (non-hydrogen) atoms. The normalized spacial score (nSPS) is 19.7. The molecule has 0 radical (unpaired) electrons. The van der Waals surface area contributed by atoms with Crippen molar-refractivity contribution in [1.82, 2.24) is 14.5 Å². The minimum absolute atomic E-state index is 0.581. The number of fused-ring (bicyclic) bond motifs is 1. The number of imidazole rings is 1. The van der Waals surface area contributed by atoms with Crippen LogP contribution in [0.4, 0.5) is 0 Å². The summed E-state index contributed by atoms with van der Waals surface area (Å²) in [5, 5.41) is 0.780. The van der Waals surface area contributed by atoms with Gasteiger partial charge in [-0.2, -0.15) is 0 Å². The predicted octanol–water partition coefficient (Wildman–Crippen LogP) is 3.96. The number of rotatable bonds is 5. The highest BCUT2D eigenvalue weighted by molar-refractivity contribution is 6.35. The molecule has 0 amide bonds. The van der Waals surface area contributed by atoms with Crippen molar-refractivity contribution >= 4 is 34.2 Å². The van der Waals surface area contributed by atoms with Gasteiger partial charge in [0.2, 0.25) is 0 Å². The minimum atomic E-state index is 0.581. The smallest absolute Gasteiger partial charge is 0.111 e. The van der Waals surface area contributed by atoms with E-state index in [1.165, 1.54) is 19.4 Å². The summed E-state index contributed by atoms with van der Waals surface area (Å²) in [5.74, 6) is 1.64. The Morgan fingerprint density at radius 2 is 2.24 bits per heavy atom. The quantitative estimate of drug-likeness (QED) is 0.776. The average Bonchev–Trinajstić information content (AvgIpc) is 3.06. The molecule has 1 aromatic carbocycles. The first-order chi connectivity index (χ1) is 10.2. The van der Waals surface area contributed by atoms with Crippen LogP contribution in [0.15, 0.2) is 18.2 Å². The number of hydrogen-bond acceptors (Lipinski definition) is 2. The molecular weight excluding hydrogens is 305 g/mol. The predicted molar refractivity (Wildman–Crippen MR) is 89.4 cm³/mol. The molecule has 1 atom stereocenters. The van der Waals surface area contributed by atoms with E-state index in [1.54, 1.807) is 0 Å². The molecule has 0 aliphatic carbocycles. The summed E-state index contributed by atoms with van der Waals surface area (Å²) in [7, 11) is 0.